The van der Waals surface area contributed by atoms with E-state index in [0.29, 0.717) is 11.8 Å². The van der Waals surface area contributed by atoms with Crippen molar-refractivity contribution < 1.29 is 9.90 Å². The zero-order valence-corrected chi connectivity index (χ0v) is 10.1. The van der Waals surface area contributed by atoms with Crippen LogP contribution in [0.3, 0.4) is 0 Å². The van der Waals surface area contributed by atoms with Crippen LogP contribution < -0.4 is 0 Å². The highest BCUT2D eigenvalue weighted by Gasteiger charge is 2.13. The van der Waals surface area contributed by atoms with Crippen LogP contribution in [-0.2, 0) is 0 Å². The van der Waals surface area contributed by atoms with Crippen molar-refractivity contribution in [2.24, 2.45) is 0 Å². The number of benzene rings is 1. The van der Waals surface area contributed by atoms with Gasteiger partial charge in [-0.1, -0.05) is 19.9 Å². The molecule has 1 aromatic rings. The van der Waals surface area contributed by atoms with Gasteiger partial charge in [-0.3, -0.25) is 9.69 Å². The molecule has 0 radical (unpaired) electrons. The number of nitrogens with zero attached hydrogens (tertiary/aromatic N) is 1. The predicted molar refractivity (Wildman–Crippen MR) is 64.8 cm³/mol. The molecule has 0 heterocycles. The summed E-state index contributed by atoms with van der Waals surface area (Å²) in [5.74, 6) is 0.0468. The van der Waals surface area contributed by atoms with Gasteiger partial charge < -0.3 is 5.11 Å². The lowest BCUT2D eigenvalue weighted by molar-refractivity contribution is 0.112. The molecule has 1 rings (SSSR count). The van der Waals surface area contributed by atoms with Crippen LogP contribution in [0.4, 0.5) is 0 Å². The predicted octanol–water partition coefficient (Wildman–Crippen LogP) is 2.61. The average molecular weight is 221 g/mol. The van der Waals surface area contributed by atoms with E-state index in [4.69, 9.17) is 0 Å². The first kappa shape index (κ1) is 12.7. The highest BCUT2D eigenvalue weighted by molar-refractivity contribution is 5.79. The summed E-state index contributed by atoms with van der Waals surface area (Å²) in [5, 5.41) is 9.42. The van der Waals surface area contributed by atoms with E-state index < -0.39 is 0 Å². The summed E-state index contributed by atoms with van der Waals surface area (Å²) in [6, 6.07) is 5.46. The molecule has 0 aliphatic rings. The third-order valence-corrected chi connectivity index (χ3v) is 3.02. The number of aldehydes is 1. The molecule has 1 aromatic carbocycles. The molecule has 1 unspecified atom stereocenters. The zero-order valence-electron chi connectivity index (χ0n) is 10.1. The topological polar surface area (TPSA) is 40.5 Å². The van der Waals surface area contributed by atoms with Crippen LogP contribution in [0.2, 0.25) is 0 Å². The molecule has 0 aliphatic carbocycles. The molecule has 0 bridgehead atoms. The van der Waals surface area contributed by atoms with E-state index >= 15 is 0 Å². The molecule has 0 fully saturated rings. The number of aromatic hydroxyl groups is 1. The molecule has 16 heavy (non-hydrogen) atoms. The average Bonchev–Trinajstić information content (AvgIpc) is 2.31. The van der Waals surface area contributed by atoms with Gasteiger partial charge in [0.25, 0.3) is 0 Å². The number of rotatable bonds is 5. The minimum absolute atomic E-state index is 0.0468. The maximum atomic E-state index is 10.7. The SMILES string of the molecule is CCN(CC)C(C)c1ccc(O)c(C=O)c1. The lowest BCUT2D eigenvalue weighted by atomic mass is 10.0. The van der Waals surface area contributed by atoms with E-state index in [1.807, 2.05) is 6.07 Å². The van der Waals surface area contributed by atoms with Gasteiger partial charge in [0.15, 0.2) is 6.29 Å². The molecule has 0 saturated carbocycles. The van der Waals surface area contributed by atoms with Gasteiger partial charge >= 0.3 is 0 Å². The lowest BCUT2D eigenvalue weighted by Crippen LogP contribution is -2.26. The first-order valence-corrected chi connectivity index (χ1v) is 5.66. The molecular weight excluding hydrogens is 202 g/mol. The molecule has 3 heteroatoms. The Balaban J connectivity index is 2.99. The molecule has 0 aliphatic heterocycles. The molecule has 1 N–H and O–H groups in total. The Morgan fingerprint density at radius 1 is 1.38 bits per heavy atom. The van der Waals surface area contributed by atoms with Crippen LogP contribution in [0.5, 0.6) is 5.75 Å². The summed E-state index contributed by atoms with van der Waals surface area (Å²) in [5.41, 5.74) is 1.42. The van der Waals surface area contributed by atoms with Crippen molar-refractivity contribution in [1.82, 2.24) is 4.90 Å². The highest BCUT2D eigenvalue weighted by Crippen LogP contribution is 2.24. The molecule has 0 amide bonds. The summed E-state index contributed by atoms with van der Waals surface area (Å²) < 4.78 is 0. The van der Waals surface area contributed by atoms with Crippen molar-refractivity contribution in [3.05, 3.63) is 29.3 Å². The van der Waals surface area contributed by atoms with Gasteiger partial charge in [0.05, 0.1) is 5.56 Å². The van der Waals surface area contributed by atoms with Crippen molar-refractivity contribution in [3.8, 4) is 5.75 Å². The maximum Gasteiger partial charge on any atom is 0.153 e. The summed E-state index contributed by atoms with van der Waals surface area (Å²) in [6.45, 7) is 8.26. The third-order valence-electron chi connectivity index (χ3n) is 3.02. The summed E-state index contributed by atoms with van der Waals surface area (Å²) in [4.78, 5) is 13.0. The van der Waals surface area contributed by atoms with Crippen LogP contribution in [0.25, 0.3) is 0 Å². The Morgan fingerprint density at radius 3 is 2.50 bits per heavy atom. The number of hydrogen-bond donors (Lipinski definition) is 1. The second-order valence-electron chi connectivity index (χ2n) is 3.83. The van der Waals surface area contributed by atoms with Gasteiger partial charge in [-0.05, 0) is 37.7 Å². The van der Waals surface area contributed by atoms with E-state index in [0.717, 1.165) is 18.7 Å². The van der Waals surface area contributed by atoms with Gasteiger partial charge in [0, 0.05) is 6.04 Å². The Kier molecular flexibility index (Phi) is 4.50. The van der Waals surface area contributed by atoms with Crippen LogP contribution in [-0.4, -0.2) is 29.4 Å². The fourth-order valence-corrected chi connectivity index (χ4v) is 1.91. The van der Waals surface area contributed by atoms with Gasteiger partial charge in [-0.2, -0.15) is 0 Å². The fraction of sp³-hybridized carbons (Fsp3) is 0.462. The maximum absolute atomic E-state index is 10.7. The smallest absolute Gasteiger partial charge is 0.153 e. The molecule has 0 saturated heterocycles. The van der Waals surface area contributed by atoms with E-state index in [-0.39, 0.29) is 11.8 Å². The van der Waals surface area contributed by atoms with Crippen molar-refractivity contribution in [1.29, 1.82) is 0 Å². The number of hydrogen-bond acceptors (Lipinski definition) is 3. The minimum Gasteiger partial charge on any atom is -0.507 e. The molecule has 1 atom stereocenters. The Labute approximate surface area is 96.7 Å². The Bertz CT molecular complexity index is 359. The van der Waals surface area contributed by atoms with E-state index in [1.165, 1.54) is 0 Å². The number of phenols is 1. The molecule has 0 aromatic heterocycles. The van der Waals surface area contributed by atoms with Gasteiger partial charge in [0.2, 0.25) is 0 Å². The standard InChI is InChI=1S/C13H19NO2/c1-4-14(5-2)10(3)11-6-7-13(16)12(8-11)9-15/h6-10,16H,4-5H2,1-3H3. The normalized spacial score (nSPS) is 12.8. The third kappa shape index (κ3) is 2.61. The lowest BCUT2D eigenvalue weighted by Gasteiger charge is -2.26. The van der Waals surface area contributed by atoms with E-state index in [2.05, 4.69) is 25.7 Å². The molecule has 3 nitrogen and oxygen atoms in total. The number of carbonyl (C=O) groups excluding carboxylic acids is 1. The van der Waals surface area contributed by atoms with Crippen LogP contribution in [0.1, 0.15) is 42.7 Å². The van der Waals surface area contributed by atoms with Crippen LogP contribution >= 0.6 is 0 Å². The largest absolute Gasteiger partial charge is 0.507 e. The van der Waals surface area contributed by atoms with Crippen molar-refractivity contribution in [2.45, 2.75) is 26.8 Å². The Hall–Kier alpha value is -1.35. The molecule has 0 spiro atoms. The quantitative estimate of drug-likeness (QED) is 0.777. The summed E-state index contributed by atoms with van der Waals surface area (Å²) in [7, 11) is 0. The zero-order chi connectivity index (χ0) is 12.1. The number of carbonyl (C=O) groups is 1. The second-order valence-corrected chi connectivity index (χ2v) is 3.83. The summed E-state index contributed by atoms with van der Waals surface area (Å²) >= 11 is 0. The molecular formula is C13H19NO2. The van der Waals surface area contributed by atoms with Crippen molar-refractivity contribution in [3.63, 3.8) is 0 Å². The van der Waals surface area contributed by atoms with Gasteiger partial charge in [-0.25, -0.2) is 0 Å². The Morgan fingerprint density at radius 2 is 2.00 bits per heavy atom. The van der Waals surface area contributed by atoms with Crippen molar-refractivity contribution >= 4 is 6.29 Å². The summed E-state index contributed by atoms with van der Waals surface area (Å²) in [6.07, 6.45) is 0.688. The highest BCUT2D eigenvalue weighted by atomic mass is 16.3. The molecule has 88 valence electrons. The number of phenolic OH excluding ortho intramolecular Hbond substituents is 1. The second kappa shape index (κ2) is 5.66. The minimum atomic E-state index is 0.0468. The van der Waals surface area contributed by atoms with E-state index in [9.17, 15) is 9.90 Å². The van der Waals surface area contributed by atoms with Gasteiger partial charge in [0.1, 0.15) is 5.75 Å². The first-order chi connectivity index (χ1) is 7.63. The monoisotopic (exact) mass is 221 g/mol. The fourth-order valence-electron chi connectivity index (χ4n) is 1.91. The van der Waals surface area contributed by atoms with Gasteiger partial charge in [-0.15, -0.1) is 0 Å². The van der Waals surface area contributed by atoms with Crippen LogP contribution in [0.15, 0.2) is 18.2 Å². The van der Waals surface area contributed by atoms with Crippen LogP contribution in [0, 0.1) is 0 Å². The first-order valence-electron chi connectivity index (χ1n) is 5.66. The van der Waals surface area contributed by atoms with E-state index in [1.54, 1.807) is 12.1 Å². The van der Waals surface area contributed by atoms with Crippen molar-refractivity contribution in [2.75, 3.05) is 13.1 Å².